The van der Waals surface area contributed by atoms with Gasteiger partial charge in [-0.1, -0.05) is 30.3 Å². The van der Waals surface area contributed by atoms with Gasteiger partial charge in [-0.15, -0.1) is 0 Å². The monoisotopic (exact) mass is 1160 g/mol. The molecule has 0 spiro atoms. The molecule has 0 heterocycles. The number of nitrogens with one attached hydrogen (secondary N) is 8. The van der Waals surface area contributed by atoms with Crippen molar-refractivity contribution in [1.29, 1.82) is 0 Å². The molecule has 1 aromatic carbocycles. The standard InChI is InChI=1S/C58H101N9O15/c1-54(2,3)78-38-40(59)45(68)64-41(29-19-23-33-60-50(73)79-55(4,5)6)46(69)65-42(30-20-24-34-61-51(74)80-56(7,8)9)47(70)66-43(31-21-25-35-62-52(75)81-57(10,11)12)48(71)67-44(49(72)77-37-39-27-17-16-18-28-39)32-22-26-36-63-53(76)82-58(13,14)15/h16-18,27-28,40-44H,19-26,29-38,59H2,1-15H3,(H,60,73)(H,61,74)(H,62,75)(H,63,76)(H,64,68)(H,65,69)(H,66,70)(H,67,71)/t40-,41+,42+,43+,44+/m1/s1. The fraction of sp³-hybridized carbons (Fsp3) is 0.741. The van der Waals surface area contributed by atoms with E-state index in [1.54, 1.807) is 128 Å². The molecule has 24 nitrogen and oxygen atoms in total. The molecule has 0 saturated heterocycles. The van der Waals surface area contributed by atoms with E-state index in [1.165, 1.54) is 0 Å². The first-order chi connectivity index (χ1) is 37.9. The molecular weight excluding hydrogens is 1060 g/mol. The van der Waals surface area contributed by atoms with Gasteiger partial charge in [0, 0.05) is 26.2 Å². The maximum atomic E-state index is 14.7. The second kappa shape index (κ2) is 36.2. The lowest BCUT2D eigenvalue weighted by Gasteiger charge is -2.27. The zero-order chi connectivity index (χ0) is 62.3. The van der Waals surface area contributed by atoms with E-state index in [9.17, 15) is 43.2 Å². The van der Waals surface area contributed by atoms with Gasteiger partial charge in [0.1, 0.15) is 59.2 Å². The van der Waals surface area contributed by atoms with Crippen molar-refractivity contribution in [3.05, 3.63) is 35.9 Å². The number of nitrogens with two attached hydrogens (primary N) is 1. The van der Waals surface area contributed by atoms with Crippen LogP contribution in [0.2, 0.25) is 0 Å². The van der Waals surface area contributed by atoms with E-state index in [4.69, 9.17) is 34.2 Å². The summed E-state index contributed by atoms with van der Waals surface area (Å²) in [6.07, 6.45) is 0.274. The molecule has 468 valence electrons. The lowest BCUT2D eigenvalue weighted by molar-refractivity contribution is -0.149. The van der Waals surface area contributed by atoms with Gasteiger partial charge in [0.15, 0.2) is 0 Å². The summed E-state index contributed by atoms with van der Waals surface area (Å²) >= 11 is 0. The number of ether oxygens (including phenoxy) is 6. The highest BCUT2D eigenvalue weighted by Gasteiger charge is 2.33. The minimum atomic E-state index is -1.33. The summed E-state index contributed by atoms with van der Waals surface area (Å²) in [6, 6.07) is 2.70. The van der Waals surface area contributed by atoms with Gasteiger partial charge in [-0.2, -0.15) is 0 Å². The van der Waals surface area contributed by atoms with Crippen LogP contribution >= 0.6 is 0 Å². The van der Waals surface area contributed by atoms with Crippen LogP contribution in [-0.2, 0) is 59.0 Å². The van der Waals surface area contributed by atoms with E-state index in [2.05, 4.69) is 42.5 Å². The van der Waals surface area contributed by atoms with Crippen molar-refractivity contribution in [1.82, 2.24) is 42.5 Å². The second-order valence-corrected chi connectivity index (χ2v) is 25.1. The second-order valence-electron chi connectivity index (χ2n) is 25.1. The third-order valence-corrected chi connectivity index (χ3v) is 11.1. The highest BCUT2D eigenvalue weighted by atomic mass is 16.6. The molecule has 8 amide bonds. The largest absolute Gasteiger partial charge is 0.459 e. The van der Waals surface area contributed by atoms with Crippen LogP contribution in [0.3, 0.4) is 0 Å². The molecule has 24 heteroatoms. The van der Waals surface area contributed by atoms with E-state index in [-0.39, 0.29) is 77.9 Å². The van der Waals surface area contributed by atoms with Gasteiger partial charge in [0.25, 0.3) is 0 Å². The fourth-order valence-electron chi connectivity index (χ4n) is 7.31. The summed E-state index contributed by atoms with van der Waals surface area (Å²) < 4.78 is 32.8. The zero-order valence-electron chi connectivity index (χ0n) is 51.7. The first-order valence-corrected chi connectivity index (χ1v) is 28.6. The van der Waals surface area contributed by atoms with Crippen LogP contribution in [0.4, 0.5) is 19.2 Å². The molecule has 0 aliphatic rings. The summed E-state index contributed by atoms with van der Waals surface area (Å²) in [6.45, 7) is 26.6. The zero-order valence-corrected chi connectivity index (χ0v) is 51.7. The van der Waals surface area contributed by atoms with Gasteiger partial charge in [-0.3, -0.25) is 19.2 Å². The molecule has 1 aromatic rings. The summed E-state index contributed by atoms with van der Waals surface area (Å²) in [5.41, 5.74) is 3.38. The molecule has 0 radical (unpaired) electrons. The highest BCUT2D eigenvalue weighted by Crippen LogP contribution is 2.15. The van der Waals surface area contributed by atoms with Gasteiger partial charge in [0.2, 0.25) is 23.6 Å². The van der Waals surface area contributed by atoms with E-state index < -0.39 is 112 Å². The van der Waals surface area contributed by atoms with Gasteiger partial charge in [-0.25, -0.2) is 24.0 Å². The van der Waals surface area contributed by atoms with Crippen molar-refractivity contribution >= 4 is 54.0 Å². The highest BCUT2D eigenvalue weighted by molar-refractivity contribution is 5.95. The van der Waals surface area contributed by atoms with Gasteiger partial charge >= 0.3 is 30.3 Å². The van der Waals surface area contributed by atoms with E-state index >= 15 is 0 Å². The Morgan fingerprint density at radius 1 is 0.402 bits per heavy atom. The average Bonchev–Trinajstić information content (AvgIpc) is 3.35. The Morgan fingerprint density at radius 3 is 1.00 bits per heavy atom. The molecule has 0 bridgehead atoms. The minimum absolute atomic E-state index is 0.00414. The molecule has 0 fully saturated rings. The number of alkyl carbamates (subject to hydrolysis) is 4. The van der Waals surface area contributed by atoms with Crippen molar-refractivity contribution in [2.45, 2.75) is 246 Å². The molecule has 0 aromatic heterocycles. The average molecular weight is 1160 g/mol. The number of carbonyl (C=O) groups excluding carboxylic acids is 9. The number of unbranched alkanes of at least 4 members (excludes halogenated alkanes) is 4. The minimum Gasteiger partial charge on any atom is -0.459 e. The maximum Gasteiger partial charge on any atom is 0.407 e. The van der Waals surface area contributed by atoms with E-state index in [1.807, 2.05) is 6.07 Å². The Kier molecular flexibility index (Phi) is 32.5. The van der Waals surface area contributed by atoms with Crippen LogP contribution in [-0.4, -0.2) is 145 Å². The van der Waals surface area contributed by atoms with E-state index in [0.717, 1.165) is 0 Å². The number of hydrogen-bond donors (Lipinski definition) is 9. The molecular formula is C58H101N9O15. The summed E-state index contributed by atoms with van der Waals surface area (Å²) in [5.74, 6) is -3.71. The topological polar surface area (TPSA) is 331 Å². The van der Waals surface area contributed by atoms with E-state index in [0.29, 0.717) is 44.1 Å². The first-order valence-electron chi connectivity index (χ1n) is 28.6. The molecule has 5 atom stereocenters. The molecule has 1 rings (SSSR count). The molecule has 0 aliphatic carbocycles. The van der Waals surface area contributed by atoms with Crippen LogP contribution in [0.25, 0.3) is 0 Å². The molecule has 10 N–H and O–H groups in total. The maximum absolute atomic E-state index is 14.7. The van der Waals surface area contributed by atoms with Crippen LogP contribution in [0.15, 0.2) is 30.3 Å². The quantitative estimate of drug-likeness (QED) is 0.0204. The number of carbonyl (C=O) groups is 9. The SMILES string of the molecule is CC(C)(C)OC[C@@H](N)C(=O)N[C@@H](CCCCNC(=O)OC(C)(C)C)C(=O)N[C@@H](CCCCNC(=O)OC(C)(C)C)C(=O)N[C@@H](CCCCNC(=O)OC(C)(C)C)C(=O)N[C@@H](CCCCNC(=O)OC(C)(C)C)C(=O)OCc1ccccc1. The van der Waals surface area contributed by atoms with Crippen LogP contribution in [0, 0.1) is 0 Å². The Morgan fingerprint density at radius 2 is 0.695 bits per heavy atom. The van der Waals surface area contributed by atoms with Crippen molar-refractivity contribution in [2.24, 2.45) is 5.73 Å². The molecule has 0 aliphatic heterocycles. The Labute approximate surface area is 486 Å². The third-order valence-electron chi connectivity index (χ3n) is 11.1. The predicted molar refractivity (Wildman–Crippen MR) is 310 cm³/mol. The lowest BCUT2D eigenvalue weighted by atomic mass is 10.0. The molecule has 82 heavy (non-hydrogen) atoms. The third kappa shape index (κ3) is 38.3. The van der Waals surface area contributed by atoms with Crippen LogP contribution in [0.5, 0.6) is 0 Å². The predicted octanol–water partition coefficient (Wildman–Crippen LogP) is 6.59. The number of benzene rings is 1. The van der Waals surface area contributed by atoms with Gasteiger partial charge < -0.3 is 76.7 Å². The van der Waals surface area contributed by atoms with Crippen molar-refractivity contribution in [2.75, 3.05) is 32.8 Å². The van der Waals surface area contributed by atoms with Crippen molar-refractivity contribution in [3.8, 4) is 0 Å². The number of esters is 1. The number of rotatable bonds is 33. The van der Waals surface area contributed by atoms with Gasteiger partial charge in [-0.05, 0) is 186 Å². The summed E-state index contributed by atoms with van der Waals surface area (Å²) in [5, 5.41) is 21.8. The summed E-state index contributed by atoms with van der Waals surface area (Å²) in [7, 11) is 0. The molecule has 0 unspecified atom stereocenters. The number of hydrogen-bond acceptors (Lipinski definition) is 16. The normalized spacial score (nSPS) is 13.8. The Balaban J connectivity index is 3.66. The Hall–Kier alpha value is -6.43. The van der Waals surface area contributed by atoms with Gasteiger partial charge in [0.05, 0.1) is 12.2 Å². The van der Waals surface area contributed by atoms with Crippen LogP contribution in [0.1, 0.15) is 186 Å². The lowest BCUT2D eigenvalue weighted by Crippen LogP contribution is -2.58. The first kappa shape index (κ1) is 73.6. The Bertz CT molecular complexity index is 2150. The van der Waals surface area contributed by atoms with Crippen molar-refractivity contribution < 1.29 is 71.6 Å². The van der Waals surface area contributed by atoms with Crippen molar-refractivity contribution in [3.63, 3.8) is 0 Å². The summed E-state index contributed by atoms with van der Waals surface area (Å²) in [4.78, 5) is 121. The van der Waals surface area contributed by atoms with Crippen LogP contribution < -0.4 is 48.3 Å². The fourth-order valence-corrected chi connectivity index (χ4v) is 7.31. The smallest absolute Gasteiger partial charge is 0.407 e. The number of amides is 8. The molecule has 0 saturated carbocycles.